The van der Waals surface area contributed by atoms with Gasteiger partial charge in [0.1, 0.15) is 5.54 Å². The number of hydrogen-bond donors (Lipinski definition) is 0. The Balaban J connectivity index is 2.54. The summed E-state index contributed by atoms with van der Waals surface area (Å²) in [4.78, 5) is 16.5. The summed E-state index contributed by atoms with van der Waals surface area (Å²) in [5, 5.41) is 0. The van der Waals surface area contributed by atoms with E-state index in [1.54, 1.807) is 6.08 Å². The summed E-state index contributed by atoms with van der Waals surface area (Å²) in [5.74, 6) is 0. The van der Waals surface area contributed by atoms with Gasteiger partial charge in [-0.15, -0.1) is 0 Å². The van der Waals surface area contributed by atoms with Crippen LogP contribution in [0.15, 0.2) is 23.2 Å². The molecule has 0 bridgehead atoms. The van der Waals surface area contributed by atoms with Crippen molar-refractivity contribution < 1.29 is 4.79 Å². The van der Waals surface area contributed by atoms with Crippen molar-refractivity contribution in [3.63, 3.8) is 0 Å². The predicted octanol–water partition coefficient (Wildman–Crippen LogP) is 2.39. The monoisotopic (exact) mass is 216 g/mol. The number of carbonyl (C=O) groups excluding carboxylic acids is 1. The third-order valence-corrected chi connectivity index (χ3v) is 3.12. The van der Waals surface area contributed by atoms with Gasteiger partial charge in [0.25, 0.3) is 0 Å². The van der Waals surface area contributed by atoms with Crippen molar-refractivity contribution in [2.75, 3.05) is 19.0 Å². The molecule has 0 spiro atoms. The average Bonchev–Trinajstić information content (AvgIpc) is 2.99. The minimum Gasteiger partial charge on any atom is -0.377 e. The second-order valence-corrected chi connectivity index (χ2v) is 4.65. The first-order valence-corrected chi connectivity index (χ1v) is 5.46. The first-order valence-electron chi connectivity index (χ1n) is 5.46. The third-order valence-electron chi connectivity index (χ3n) is 3.12. The van der Waals surface area contributed by atoms with Gasteiger partial charge < -0.3 is 4.90 Å². The maximum absolute atomic E-state index is 10.5. The largest absolute Gasteiger partial charge is 0.377 e. The molecule has 1 aliphatic rings. The summed E-state index contributed by atoms with van der Waals surface area (Å²) in [6, 6.07) is 6.30. The Morgan fingerprint density at radius 1 is 1.38 bits per heavy atom. The topological polar surface area (TPSA) is 32.7 Å². The highest BCUT2D eigenvalue weighted by molar-refractivity contribution is 5.59. The summed E-state index contributed by atoms with van der Waals surface area (Å²) in [7, 11) is 4.02. The molecule has 1 aromatic carbocycles. The van der Waals surface area contributed by atoms with E-state index >= 15 is 0 Å². The Kier molecular flexibility index (Phi) is 2.56. The van der Waals surface area contributed by atoms with Crippen LogP contribution in [0.1, 0.15) is 24.0 Å². The van der Waals surface area contributed by atoms with Crippen molar-refractivity contribution in [1.29, 1.82) is 0 Å². The van der Waals surface area contributed by atoms with Gasteiger partial charge in [-0.05, 0) is 25.8 Å². The lowest BCUT2D eigenvalue weighted by Crippen LogP contribution is -2.15. The zero-order valence-corrected chi connectivity index (χ0v) is 9.95. The van der Waals surface area contributed by atoms with Gasteiger partial charge in [0.2, 0.25) is 6.08 Å². The summed E-state index contributed by atoms with van der Waals surface area (Å²) >= 11 is 0. The number of aryl methyl sites for hydroxylation is 1. The number of nitrogens with zero attached hydrogens (tertiary/aromatic N) is 2. The van der Waals surface area contributed by atoms with E-state index in [0.29, 0.717) is 0 Å². The molecule has 0 atom stereocenters. The zero-order valence-electron chi connectivity index (χ0n) is 9.95. The Hall–Kier alpha value is -1.60. The van der Waals surface area contributed by atoms with Gasteiger partial charge in [-0.3, -0.25) is 0 Å². The van der Waals surface area contributed by atoms with Gasteiger partial charge in [-0.1, -0.05) is 17.7 Å². The smallest absolute Gasteiger partial charge is 0.235 e. The van der Waals surface area contributed by atoms with Gasteiger partial charge in [-0.25, -0.2) is 4.79 Å². The molecule has 1 aliphatic carbocycles. The van der Waals surface area contributed by atoms with Gasteiger partial charge in [0, 0.05) is 25.3 Å². The van der Waals surface area contributed by atoms with Gasteiger partial charge in [-0.2, -0.15) is 4.99 Å². The first kappa shape index (κ1) is 10.9. The van der Waals surface area contributed by atoms with Crippen molar-refractivity contribution in [3.05, 3.63) is 29.3 Å². The highest BCUT2D eigenvalue weighted by atomic mass is 16.1. The Bertz CT molecular complexity index is 455. The van der Waals surface area contributed by atoms with Crippen LogP contribution in [-0.2, 0) is 10.3 Å². The molecule has 1 fully saturated rings. The van der Waals surface area contributed by atoms with E-state index in [0.717, 1.165) is 24.1 Å². The summed E-state index contributed by atoms with van der Waals surface area (Å²) < 4.78 is 0. The molecule has 2 rings (SSSR count). The molecule has 1 aromatic rings. The quantitative estimate of drug-likeness (QED) is 0.574. The Morgan fingerprint density at radius 2 is 2.06 bits per heavy atom. The first-order chi connectivity index (χ1) is 7.59. The van der Waals surface area contributed by atoms with Crippen LogP contribution in [0.25, 0.3) is 0 Å². The highest BCUT2D eigenvalue weighted by Crippen LogP contribution is 2.52. The van der Waals surface area contributed by atoms with Gasteiger partial charge in [0.15, 0.2) is 0 Å². The summed E-state index contributed by atoms with van der Waals surface area (Å²) in [6.45, 7) is 2.06. The molecule has 3 heteroatoms. The molecule has 0 amide bonds. The second kappa shape index (κ2) is 3.76. The molecule has 0 heterocycles. The number of benzene rings is 1. The molecule has 0 N–H and O–H groups in total. The maximum atomic E-state index is 10.5. The van der Waals surface area contributed by atoms with E-state index in [9.17, 15) is 4.79 Å². The molecule has 3 nitrogen and oxygen atoms in total. The predicted molar refractivity (Wildman–Crippen MR) is 64.5 cm³/mol. The number of isocyanates is 1. The van der Waals surface area contributed by atoms with E-state index in [2.05, 4.69) is 35.0 Å². The van der Waals surface area contributed by atoms with E-state index in [-0.39, 0.29) is 5.54 Å². The summed E-state index contributed by atoms with van der Waals surface area (Å²) in [5.41, 5.74) is 3.21. The van der Waals surface area contributed by atoms with Gasteiger partial charge >= 0.3 is 0 Å². The second-order valence-electron chi connectivity index (χ2n) is 4.65. The lowest BCUT2D eigenvalue weighted by atomic mass is 10.00. The van der Waals surface area contributed by atoms with Crippen LogP contribution < -0.4 is 4.90 Å². The van der Waals surface area contributed by atoms with E-state index in [1.165, 1.54) is 5.56 Å². The fourth-order valence-corrected chi connectivity index (χ4v) is 2.06. The van der Waals surface area contributed by atoms with E-state index in [1.807, 2.05) is 14.1 Å². The van der Waals surface area contributed by atoms with Crippen LogP contribution in [-0.4, -0.2) is 20.2 Å². The highest BCUT2D eigenvalue weighted by Gasteiger charge is 2.46. The molecule has 1 saturated carbocycles. The number of hydrogen-bond acceptors (Lipinski definition) is 3. The third kappa shape index (κ3) is 1.74. The summed E-state index contributed by atoms with van der Waals surface area (Å²) in [6.07, 6.45) is 3.61. The minimum atomic E-state index is -0.284. The van der Waals surface area contributed by atoms with Gasteiger partial charge in [0.05, 0.1) is 0 Å². The maximum Gasteiger partial charge on any atom is 0.235 e. The minimum absolute atomic E-state index is 0.284. The van der Waals surface area contributed by atoms with E-state index < -0.39 is 0 Å². The molecule has 0 aliphatic heterocycles. The Morgan fingerprint density at radius 3 is 2.56 bits per heavy atom. The number of anilines is 1. The van der Waals surface area contributed by atoms with Crippen LogP contribution in [0.5, 0.6) is 0 Å². The fraction of sp³-hybridized carbons (Fsp3) is 0.462. The van der Waals surface area contributed by atoms with Crippen LogP contribution in [0.4, 0.5) is 5.69 Å². The van der Waals surface area contributed by atoms with Crippen LogP contribution >= 0.6 is 0 Å². The SMILES string of the molecule is Cc1ccc(N(C)C)c(C2(N=C=O)CC2)c1. The molecular weight excluding hydrogens is 200 g/mol. The molecule has 0 radical (unpaired) electrons. The molecule has 16 heavy (non-hydrogen) atoms. The van der Waals surface area contributed by atoms with Crippen molar-refractivity contribution in [2.45, 2.75) is 25.3 Å². The van der Waals surface area contributed by atoms with Crippen molar-refractivity contribution in [3.8, 4) is 0 Å². The molecular formula is C13H16N2O. The van der Waals surface area contributed by atoms with Crippen LogP contribution in [0.2, 0.25) is 0 Å². The lowest BCUT2D eigenvalue weighted by molar-refractivity contribution is 0.556. The molecule has 84 valence electrons. The fourth-order valence-electron chi connectivity index (χ4n) is 2.06. The van der Waals surface area contributed by atoms with Crippen LogP contribution in [0, 0.1) is 6.92 Å². The van der Waals surface area contributed by atoms with Crippen LogP contribution in [0.3, 0.4) is 0 Å². The van der Waals surface area contributed by atoms with E-state index in [4.69, 9.17) is 0 Å². The van der Waals surface area contributed by atoms with Crippen molar-refractivity contribution in [2.24, 2.45) is 4.99 Å². The zero-order chi connectivity index (χ0) is 11.8. The normalized spacial score (nSPS) is 16.4. The number of rotatable bonds is 3. The molecule has 0 saturated heterocycles. The molecule has 0 unspecified atom stereocenters. The number of aliphatic imine (C=N–C) groups is 1. The Labute approximate surface area is 95.8 Å². The molecule has 0 aromatic heterocycles. The lowest BCUT2D eigenvalue weighted by Gasteiger charge is -2.21. The standard InChI is InChI=1S/C13H16N2O/c1-10-4-5-12(15(2)3)11(8-10)13(6-7-13)14-9-16/h4-5,8H,6-7H2,1-3H3. The average molecular weight is 216 g/mol. The van der Waals surface area contributed by atoms with Crippen molar-refractivity contribution in [1.82, 2.24) is 0 Å². The van der Waals surface area contributed by atoms with Crippen molar-refractivity contribution >= 4 is 11.8 Å².